The summed E-state index contributed by atoms with van der Waals surface area (Å²) in [7, 11) is 4.89. The van der Waals surface area contributed by atoms with Gasteiger partial charge in [0.25, 0.3) is 47.3 Å². The lowest BCUT2D eigenvalue weighted by Gasteiger charge is -2.13. The fourth-order valence-electron chi connectivity index (χ4n) is 13.0. The third-order valence-corrected chi connectivity index (χ3v) is 21.5. The number of nitrogens with two attached hydrogens (primary N) is 5. The predicted molar refractivity (Wildman–Crippen MR) is 468 cm³/mol. The van der Waals surface area contributed by atoms with Crippen LogP contribution in [0.3, 0.4) is 0 Å². The average Bonchev–Trinajstić information content (AvgIpc) is 1.62. The summed E-state index contributed by atoms with van der Waals surface area (Å²) in [5, 5.41) is 80.7. The molecule has 670 valence electrons. The van der Waals surface area contributed by atoms with Crippen LogP contribution >= 0.6 is 23.2 Å². The Kier molecular flexibility index (Phi) is 27.6. The van der Waals surface area contributed by atoms with E-state index in [2.05, 4.69) is 120 Å². The first kappa shape index (κ1) is 94.3. The van der Waals surface area contributed by atoms with Crippen LogP contribution in [-0.2, 0) is 25.6 Å². The van der Waals surface area contributed by atoms with Crippen LogP contribution in [-0.4, -0.2) is 229 Å². The van der Waals surface area contributed by atoms with Gasteiger partial charge in [0.1, 0.15) is 22.9 Å². The molecule has 15 N–H and O–H groups in total. The number of aliphatic hydroxyl groups is 5. The molecule has 0 unspecified atom stereocenters. The van der Waals surface area contributed by atoms with Crippen molar-refractivity contribution < 1.29 is 72.9 Å². The number of pyridine rings is 5. The Morgan fingerprint density at radius 3 is 0.969 bits per heavy atom. The highest BCUT2D eigenvalue weighted by molar-refractivity contribution is 6.34. The van der Waals surface area contributed by atoms with E-state index in [4.69, 9.17) is 60.9 Å². The van der Waals surface area contributed by atoms with Crippen LogP contribution < -0.4 is 28.7 Å². The van der Waals surface area contributed by atoms with Gasteiger partial charge >= 0.3 is 0 Å². The van der Waals surface area contributed by atoms with Crippen LogP contribution in [0.25, 0.3) is 29.1 Å². The molecule has 0 aromatic carbocycles. The van der Waals surface area contributed by atoms with E-state index < -0.39 is 75.3 Å². The van der Waals surface area contributed by atoms with Crippen molar-refractivity contribution in [2.75, 3.05) is 40.8 Å². The highest BCUT2D eigenvalue weighted by atomic mass is 35.5. The lowest BCUT2D eigenvalue weighted by atomic mass is 10.0. The zero-order valence-electron chi connectivity index (χ0n) is 72.2. The van der Waals surface area contributed by atoms with E-state index in [0.29, 0.717) is 128 Å². The third-order valence-electron chi connectivity index (χ3n) is 20.6. The number of nitrogens with zero attached hydrogens (tertiary/aromatic N) is 20. The molecule has 4 aliphatic rings. The number of hydrogen-bond donors (Lipinski definition) is 10. The normalized spacial score (nSPS) is 17.3. The number of likely N-dealkylation sites (N-methyl/N-ethyl adjacent to an activating group) is 3. The Balaban J connectivity index is 0.000000148. The van der Waals surface area contributed by atoms with Gasteiger partial charge in [0, 0.05) is 154 Å². The molecular formula is C89H85Cl2N25O15. The molecule has 4 fully saturated rings. The number of aromatic nitrogens is 17. The molecule has 1 saturated carbocycles. The summed E-state index contributed by atoms with van der Waals surface area (Å²) >= 11 is 12.2. The number of amides is 8. The standard InChI is InChI=1S/C19H19N5O3.C18H16ClN5O3.C18H17N5O3.C17H16ClN5O3.C17H17N5O3/c1-23-9-7-19(27,18(23)26)6-4-12-5-8-21-16(10-12)24-15(13-2-3-13)11-14(22-24)17(20)25;1-10-8-13(23-27-10)18(3,26)6-4-12-5-7-21-14(9-12)24-11(2)15(19)16(22-24)17(20)25;1-11-8-14(17(19)24)21-23(11)16-10-13(5-7-20-16)4-6-18(3,25)15-9-12(2)26-22-15;1-10-13(18)14(15(19)24)21-23(10)12-9-11(4-7-20-12)3-5-17(26)6-8-22(2)16(17)25;1-11-9-13(15(18)23)20-22(11)14-10-12(4-7-19-14)3-5-17(25)6-8-21(2)16(17)24/h5,8,10-11,13,27H,2-3,7,9H2,1H3,(H2,20,25);5,7-9,26H,1-3H3,(H2,20,25);5,7-10,25H,1-3H3,(H2,19,24);4,7,9,26H,6,8H2,1-2H3,(H2,19,24);4,7,9-10,25H,6,8H2,1-2H3,(H2,18,23)/t19-;2*18-;2*17-/m01100/s1. The smallest absolute Gasteiger partial charge is 0.270 e. The van der Waals surface area contributed by atoms with Crippen LogP contribution in [0.2, 0.25) is 10.0 Å². The summed E-state index contributed by atoms with van der Waals surface area (Å²) in [4.78, 5) is 118. The molecule has 0 spiro atoms. The van der Waals surface area contributed by atoms with E-state index in [0.717, 1.165) is 18.5 Å². The van der Waals surface area contributed by atoms with Gasteiger partial charge in [-0.15, -0.1) is 0 Å². The van der Waals surface area contributed by atoms with Gasteiger partial charge in [-0.25, -0.2) is 48.3 Å². The van der Waals surface area contributed by atoms with Crippen LogP contribution in [0.1, 0.15) is 184 Å². The quantitative estimate of drug-likeness (QED) is 0.0741. The second-order valence-electron chi connectivity index (χ2n) is 31.0. The molecule has 40 nitrogen and oxygen atoms in total. The zero-order valence-corrected chi connectivity index (χ0v) is 73.7. The Morgan fingerprint density at radius 1 is 0.420 bits per heavy atom. The van der Waals surface area contributed by atoms with Crippen molar-refractivity contribution in [1.82, 2.24) is 98.8 Å². The molecule has 12 aromatic heterocycles. The number of carbonyl (C=O) groups is 8. The van der Waals surface area contributed by atoms with Crippen LogP contribution in [0.4, 0.5) is 0 Å². The molecular weight excluding hydrogens is 1730 g/mol. The summed E-state index contributed by atoms with van der Waals surface area (Å²) in [6.45, 7) is 14.9. The Labute approximate surface area is 757 Å². The number of likely N-dealkylation sites (tertiary alicyclic amines) is 3. The zero-order chi connectivity index (χ0) is 95.1. The molecule has 16 rings (SSSR count). The maximum atomic E-state index is 12.0. The highest BCUT2D eigenvalue weighted by Crippen LogP contribution is 2.41. The van der Waals surface area contributed by atoms with Crippen molar-refractivity contribution in [3.8, 4) is 88.3 Å². The van der Waals surface area contributed by atoms with Crippen molar-refractivity contribution in [2.24, 2.45) is 28.7 Å². The van der Waals surface area contributed by atoms with E-state index in [9.17, 15) is 63.9 Å². The number of rotatable bonds is 13. The van der Waals surface area contributed by atoms with Crippen molar-refractivity contribution in [2.45, 2.75) is 121 Å². The topological polar surface area (TPSA) is 583 Å². The molecule has 8 amide bonds. The Bertz CT molecular complexity index is 6910. The highest BCUT2D eigenvalue weighted by Gasteiger charge is 2.45. The molecule has 42 heteroatoms. The molecule has 0 bridgehead atoms. The van der Waals surface area contributed by atoms with E-state index in [1.807, 2.05) is 0 Å². The first-order valence-corrected chi connectivity index (χ1v) is 40.6. The minimum Gasteiger partial charge on any atom is -0.372 e. The predicted octanol–water partition coefficient (Wildman–Crippen LogP) is 3.19. The molecule has 131 heavy (non-hydrogen) atoms. The lowest BCUT2D eigenvalue weighted by molar-refractivity contribution is -0.138. The summed E-state index contributed by atoms with van der Waals surface area (Å²) in [5.74, 6) is 27.0. The van der Waals surface area contributed by atoms with E-state index in [1.165, 1.54) is 65.9 Å². The minimum atomic E-state index is -1.68. The maximum Gasteiger partial charge on any atom is 0.270 e. The maximum absolute atomic E-state index is 12.0. The second kappa shape index (κ2) is 38.4. The Hall–Kier alpha value is -15.8. The van der Waals surface area contributed by atoms with E-state index in [1.54, 1.807) is 171 Å². The number of hydrogen-bond acceptors (Lipinski definition) is 27. The van der Waals surface area contributed by atoms with Gasteiger partial charge in [-0.2, -0.15) is 25.5 Å². The second-order valence-corrected chi connectivity index (χ2v) is 31.8. The summed E-state index contributed by atoms with van der Waals surface area (Å²) < 4.78 is 17.4. The van der Waals surface area contributed by atoms with Crippen LogP contribution in [0, 0.1) is 101 Å². The van der Waals surface area contributed by atoms with Crippen molar-refractivity contribution >= 4 is 70.5 Å². The van der Waals surface area contributed by atoms with Crippen LogP contribution in [0.5, 0.6) is 0 Å². The van der Waals surface area contributed by atoms with Gasteiger partial charge in [0.2, 0.25) is 16.8 Å². The first-order chi connectivity index (χ1) is 61.8. The summed E-state index contributed by atoms with van der Waals surface area (Å²) in [5.41, 5.74) is 25.7. The first-order valence-electron chi connectivity index (χ1n) is 39.8. The van der Waals surface area contributed by atoms with Gasteiger partial charge < -0.3 is 77.9 Å². The van der Waals surface area contributed by atoms with Gasteiger partial charge in [0.15, 0.2) is 68.8 Å². The van der Waals surface area contributed by atoms with Gasteiger partial charge in [0.05, 0.1) is 21.4 Å². The largest absolute Gasteiger partial charge is 0.372 e. The van der Waals surface area contributed by atoms with Crippen LogP contribution in [0.15, 0.2) is 131 Å². The molecule has 5 atom stereocenters. The fourth-order valence-corrected chi connectivity index (χ4v) is 13.4. The van der Waals surface area contributed by atoms with E-state index in [-0.39, 0.29) is 57.8 Å². The number of carbonyl (C=O) groups excluding carboxylic acids is 8. The monoisotopic (exact) mass is 1810 g/mol. The third kappa shape index (κ3) is 21.7. The minimum absolute atomic E-state index is 0.0308. The average molecular weight is 1820 g/mol. The SMILES string of the molecule is CN1CC[C@@](O)(C#Cc2ccnc(-n3nc(C(N)=O)cc3C3CC3)c2)C1=O.Cc1c(Cl)c(C(N)=O)nn1-c1cc(C#C[C@]2(O)CCN(C)C2=O)ccn1.Cc1cc(C(N)=O)nn1-c1cc(C#C[C@]2(O)CCN(C)C2=O)ccn1.Cc1cc([C@](C)(O)C#Cc2ccnc(-n3nc(C(N)=O)c(Cl)c3C)c2)no1.Cc1cc([C@](C)(O)C#Cc2ccnc(-n3nc(C(N)=O)cc3C)c2)no1. The lowest BCUT2D eigenvalue weighted by Crippen LogP contribution is -2.37. The van der Waals surface area contributed by atoms with Crippen molar-refractivity contribution in [3.63, 3.8) is 0 Å². The summed E-state index contributed by atoms with van der Waals surface area (Å²) in [6, 6.07) is 24.8. The van der Waals surface area contributed by atoms with Gasteiger partial charge in [-0.3, -0.25) is 38.4 Å². The van der Waals surface area contributed by atoms with Crippen molar-refractivity contribution in [1.29, 1.82) is 0 Å². The summed E-state index contributed by atoms with van der Waals surface area (Å²) in [6.07, 6.45) is 10.6. The molecule has 1 aliphatic carbocycles. The van der Waals surface area contributed by atoms with Gasteiger partial charge in [-0.05, 0) is 147 Å². The van der Waals surface area contributed by atoms with Gasteiger partial charge in [-0.1, -0.05) is 92.7 Å². The molecule has 3 aliphatic heterocycles. The number of aryl methyl sites for hydroxylation is 4. The molecule has 15 heterocycles. The van der Waals surface area contributed by atoms with E-state index >= 15 is 0 Å². The number of primary amides is 5. The molecule has 0 radical (unpaired) electrons. The fraction of sp³-hybridized carbons (Fsp3) is 0.281. The van der Waals surface area contributed by atoms with Crippen molar-refractivity contribution in [3.05, 3.63) is 240 Å². The molecule has 12 aromatic rings. The molecule has 3 saturated heterocycles. The number of halogens is 2. The Morgan fingerprint density at radius 2 is 0.710 bits per heavy atom.